The fraction of sp³-hybridized carbons (Fsp3) is 0.308. The highest BCUT2D eigenvalue weighted by Crippen LogP contribution is 2.33. The first-order valence-corrected chi connectivity index (χ1v) is 7.35. The van der Waals surface area contributed by atoms with Gasteiger partial charge in [-0.1, -0.05) is 0 Å². The molecule has 2 amide bonds. The van der Waals surface area contributed by atoms with Gasteiger partial charge in [-0.2, -0.15) is 0 Å². The predicted molar refractivity (Wildman–Crippen MR) is 75.9 cm³/mol. The number of hydrogen-bond donors (Lipinski definition) is 3. The van der Waals surface area contributed by atoms with Crippen molar-refractivity contribution in [3.63, 3.8) is 0 Å². The number of carbonyl (C=O) groups is 2. The minimum absolute atomic E-state index is 0.290. The highest BCUT2D eigenvalue weighted by atomic mass is 32.1. The van der Waals surface area contributed by atoms with E-state index in [1.54, 1.807) is 12.3 Å². The summed E-state index contributed by atoms with van der Waals surface area (Å²) in [7, 11) is 0. The first-order valence-electron chi connectivity index (χ1n) is 6.47. The van der Waals surface area contributed by atoms with Crippen LogP contribution in [0.3, 0.4) is 0 Å². The van der Waals surface area contributed by atoms with E-state index in [4.69, 9.17) is 0 Å². The molecule has 0 aromatic carbocycles. The summed E-state index contributed by atoms with van der Waals surface area (Å²) >= 11 is 1.54. The van der Waals surface area contributed by atoms with Crippen LogP contribution in [0.25, 0.3) is 0 Å². The van der Waals surface area contributed by atoms with E-state index in [0.29, 0.717) is 13.0 Å². The Labute approximate surface area is 124 Å². The highest BCUT2D eigenvalue weighted by Gasteiger charge is 2.36. The van der Waals surface area contributed by atoms with E-state index in [9.17, 15) is 14.7 Å². The molecule has 0 radical (unpaired) electrons. The summed E-state index contributed by atoms with van der Waals surface area (Å²) in [5.41, 5.74) is 1.49. The van der Waals surface area contributed by atoms with Gasteiger partial charge in [0.05, 0.1) is 18.6 Å². The van der Waals surface area contributed by atoms with Crippen LogP contribution < -0.4 is 5.32 Å². The standard InChI is InChI=1S/C13H14N4O3S/c18-12(19)11-9-2-4-21-10(9)1-3-17(11)13(20)15-6-8-5-14-7-16-8/h2,4-5,7,11H,1,3,6H2,(H,14,16)(H,15,20)(H,18,19). The van der Waals surface area contributed by atoms with Crippen LogP contribution in [0.5, 0.6) is 0 Å². The van der Waals surface area contributed by atoms with E-state index in [1.165, 1.54) is 22.6 Å². The van der Waals surface area contributed by atoms with Crippen LogP contribution in [0.15, 0.2) is 24.0 Å². The van der Waals surface area contributed by atoms with Crippen molar-refractivity contribution >= 4 is 23.3 Å². The average Bonchev–Trinajstić information content (AvgIpc) is 3.14. The second kappa shape index (κ2) is 5.57. The summed E-state index contributed by atoms with van der Waals surface area (Å²) in [6.45, 7) is 0.692. The first-order chi connectivity index (χ1) is 10.2. The molecule has 2 aromatic rings. The van der Waals surface area contributed by atoms with Crippen molar-refractivity contribution in [3.8, 4) is 0 Å². The summed E-state index contributed by atoms with van der Waals surface area (Å²) in [4.78, 5) is 32.9. The molecule has 8 heteroatoms. The van der Waals surface area contributed by atoms with E-state index < -0.39 is 12.0 Å². The van der Waals surface area contributed by atoms with Gasteiger partial charge in [0.1, 0.15) is 0 Å². The molecule has 3 rings (SSSR count). The lowest BCUT2D eigenvalue weighted by Crippen LogP contribution is -2.47. The summed E-state index contributed by atoms with van der Waals surface area (Å²) in [6, 6.07) is 0.489. The van der Waals surface area contributed by atoms with Gasteiger partial charge in [0.15, 0.2) is 6.04 Å². The third-order valence-electron chi connectivity index (χ3n) is 3.45. The second-order valence-corrected chi connectivity index (χ2v) is 5.72. The number of carboxylic acid groups (broad SMARTS) is 1. The van der Waals surface area contributed by atoms with Crippen molar-refractivity contribution < 1.29 is 14.7 Å². The van der Waals surface area contributed by atoms with Gasteiger partial charge in [-0.3, -0.25) is 0 Å². The summed E-state index contributed by atoms with van der Waals surface area (Å²) in [5, 5.41) is 14.0. The first kappa shape index (κ1) is 13.6. The molecule has 1 aliphatic heterocycles. The maximum Gasteiger partial charge on any atom is 0.331 e. The number of nitrogens with one attached hydrogen (secondary N) is 2. The lowest BCUT2D eigenvalue weighted by atomic mass is 10.0. The normalized spacial score (nSPS) is 17.3. The smallest absolute Gasteiger partial charge is 0.331 e. The largest absolute Gasteiger partial charge is 0.479 e. The van der Waals surface area contributed by atoms with Crippen molar-refractivity contribution in [2.45, 2.75) is 19.0 Å². The zero-order valence-corrected chi connectivity index (χ0v) is 11.9. The van der Waals surface area contributed by atoms with Crippen LogP contribution in [-0.2, 0) is 17.8 Å². The van der Waals surface area contributed by atoms with Crippen molar-refractivity contribution in [1.29, 1.82) is 0 Å². The van der Waals surface area contributed by atoms with Gasteiger partial charge >= 0.3 is 12.0 Å². The number of imidazole rings is 1. The number of H-pyrrole nitrogens is 1. The molecule has 2 aromatic heterocycles. The molecule has 0 saturated heterocycles. The lowest BCUT2D eigenvalue weighted by molar-refractivity contribution is -0.142. The molecule has 0 fully saturated rings. The van der Waals surface area contributed by atoms with Crippen molar-refractivity contribution in [2.24, 2.45) is 0 Å². The SMILES string of the molecule is O=C(O)C1c2ccsc2CCN1C(=O)NCc1cnc[nH]1. The topological polar surface area (TPSA) is 98.3 Å². The second-order valence-electron chi connectivity index (χ2n) is 4.72. The Morgan fingerprint density at radius 2 is 2.43 bits per heavy atom. The minimum Gasteiger partial charge on any atom is -0.479 e. The number of amides is 2. The fourth-order valence-corrected chi connectivity index (χ4v) is 3.36. The monoisotopic (exact) mass is 306 g/mol. The number of aliphatic carboxylic acids is 1. The minimum atomic E-state index is -1.01. The fourth-order valence-electron chi connectivity index (χ4n) is 2.46. The molecule has 0 spiro atoms. The predicted octanol–water partition coefficient (Wildman–Crippen LogP) is 1.36. The van der Waals surface area contributed by atoms with E-state index >= 15 is 0 Å². The van der Waals surface area contributed by atoms with Crippen LogP contribution in [0.2, 0.25) is 0 Å². The number of carbonyl (C=O) groups excluding carboxylic acids is 1. The number of aromatic amines is 1. The Morgan fingerprint density at radius 3 is 3.14 bits per heavy atom. The van der Waals surface area contributed by atoms with Gasteiger partial charge in [0, 0.05) is 17.6 Å². The van der Waals surface area contributed by atoms with Crippen LogP contribution >= 0.6 is 11.3 Å². The molecular formula is C13H14N4O3S. The number of fused-ring (bicyclic) bond motifs is 1. The van der Waals surface area contributed by atoms with Gasteiger partial charge in [0.2, 0.25) is 0 Å². The molecule has 0 aliphatic carbocycles. The molecule has 1 aliphatic rings. The highest BCUT2D eigenvalue weighted by molar-refractivity contribution is 7.10. The Morgan fingerprint density at radius 1 is 1.57 bits per heavy atom. The molecule has 7 nitrogen and oxygen atoms in total. The third-order valence-corrected chi connectivity index (χ3v) is 4.44. The van der Waals surface area contributed by atoms with E-state index in [0.717, 1.165) is 16.1 Å². The molecule has 110 valence electrons. The molecule has 1 atom stereocenters. The summed E-state index contributed by atoms with van der Waals surface area (Å²) in [5.74, 6) is -1.01. The van der Waals surface area contributed by atoms with Gasteiger partial charge in [-0.15, -0.1) is 11.3 Å². The molecular weight excluding hydrogens is 292 g/mol. The number of aromatic nitrogens is 2. The Balaban J connectivity index is 1.74. The maximum absolute atomic E-state index is 12.3. The molecule has 3 heterocycles. The summed E-state index contributed by atoms with van der Waals surface area (Å²) in [6.07, 6.45) is 3.83. The average molecular weight is 306 g/mol. The molecule has 0 bridgehead atoms. The Hall–Kier alpha value is -2.35. The number of thiophene rings is 1. The van der Waals surface area contributed by atoms with Gasteiger partial charge in [-0.25, -0.2) is 14.6 Å². The maximum atomic E-state index is 12.3. The number of urea groups is 1. The Kier molecular flexibility index (Phi) is 3.61. The number of rotatable bonds is 3. The zero-order chi connectivity index (χ0) is 14.8. The van der Waals surface area contributed by atoms with E-state index in [-0.39, 0.29) is 12.6 Å². The molecule has 0 saturated carbocycles. The number of hydrogen-bond acceptors (Lipinski definition) is 4. The van der Waals surface area contributed by atoms with Crippen LogP contribution in [0, 0.1) is 0 Å². The van der Waals surface area contributed by atoms with Gasteiger partial charge < -0.3 is 20.3 Å². The van der Waals surface area contributed by atoms with Crippen molar-refractivity contribution in [2.75, 3.05) is 6.54 Å². The number of carboxylic acids is 1. The quantitative estimate of drug-likeness (QED) is 0.797. The van der Waals surface area contributed by atoms with Gasteiger partial charge in [0.25, 0.3) is 0 Å². The third kappa shape index (κ3) is 2.62. The molecule has 1 unspecified atom stereocenters. The van der Waals surface area contributed by atoms with Crippen LogP contribution in [0.4, 0.5) is 4.79 Å². The number of nitrogens with zero attached hydrogens (tertiary/aromatic N) is 2. The van der Waals surface area contributed by atoms with E-state index in [1.807, 2.05) is 5.38 Å². The zero-order valence-electron chi connectivity index (χ0n) is 11.1. The van der Waals surface area contributed by atoms with Gasteiger partial charge in [-0.05, 0) is 23.4 Å². The van der Waals surface area contributed by atoms with Crippen LogP contribution in [0.1, 0.15) is 22.2 Å². The summed E-state index contributed by atoms with van der Waals surface area (Å²) < 4.78 is 0. The van der Waals surface area contributed by atoms with Crippen molar-refractivity contribution in [1.82, 2.24) is 20.2 Å². The lowest BCUT2D eigenvalue weighted by Gasteiger charge is -2.33. The molecule has 21 heavy (non-hydrogen) atoms. The van der Waals surface area contributed by atoms with Crippen LogP contribution in [-0.4, -0.2) is 38.5 Å². The molecule has 3 N–H and O–H groups in total. The Bertz CT molecular complexity index is 652. The van der Waals surface area contributed by atoms with E-state index in [2.05, 4.69) is 15.3 Å². The van der Waals surface area contributed by atoms with Crippen molar-refractivity contribution in [3.05, 3.63) is 40.1 Å².